The van der Waals surface area contributed by atoms with Crippen molar-refractivity contribution < 1.29 is 32.7 Å². The number of carbonyl (C=O) groups excluding carboxylic acids is 1. The number of aliphatic hydroxyl groups is 1. The van der Waals surface area contributed by atoms with Crippen LogP contribution in [-0.4, -0.2) is 35.4 Å². The Balaban J connectivity index is 2.73. The van der Waals surface area contributed by atoms with Gasteiger partial charge in [-0.3, -0.25) is 15.1 Å². The van der Waals surface area contributed by atoms with Crippen molar-refractivity contribution in [2.75, 3.05) is 7.11 Å². The number of halogens is 3. The molecule has 2 rings (SSSR count). The second-order valence-corrected chi connectivity index (χ2v) is 6.02. The Morgan fingerprint density at radius 3 is 2.37 bits per heavy atom. The Morgan fingerprint density at radius 2 is 1.85 bits per heavy atom. The molecule has 0 saturated heterocycles. The van der Waals surface area contributed by atoms with Gasteiger partial charge in [0.25, 0.3) is 0 Å². The fraction of sp³-hybridized carbons (Fsp3) is 0.412. The van der Waals surface area contributed by atoms with Crippen molar-refractivity contribution in [2.24, 2.45) is 4.99 Å². The minimum absolute atomic E-state index is 0.135. The molecule has 0 aliphatic heterocycles. The Morgan fingerprint density at radius 1 is 1.26 bits per heavy atom. The zero-order valence-corrected chi connectivity index (χ0v) is 14.6. The number of methoxy groups -OCH3 is 1. The first-order chi connectivity index (χ1) is 12.7. The van der Waals surface area contributed by atoms with E-state index in [4.69, 9.17) is 0 Å². The van der Waals surface area contributed by atoms with E-state index in [0.29, 0.717) is 0 Å². The average Bonchev–Trinajstić information content (AvgIpc) is 3.15. The van der Waals surface area contributed by atoms with Crippen LogP contribution in [0.5, 0.6) is 0 Å². The molecule has 1 aliphatic rings. The number of benzene rings is 1. The standard InChI is InChI=1S/C17H17F3N2O5/c1-8-12(18)11(15(22(25)26)14(20)13(8)19)16(23)10(17(24)27-2)7-21-9-5-3-4-6-9/h7,9,23H,3-6H2,1-2H3. The van der Waals surface area contributed by atoms with Crippen LogP contribution < -0.4 is 0 Å². The SMILES string of the molecule is COC(=O)C(C=NC1CCCC1)=C(O)c1c(F)c(C)c(F)c(F)c1[N+](=O)[O-]. The van der Waals surface area contributed by atoms with Crippen LogP contribution in [0.2, 0.25) is 0 Å². The maximum absolute atomic E-state index is 14.5. The first-order valence-corrected chi connectivity index (χ1v) is 8.07. The van der Waals surface area contributed by atoms with Crippen LogP contribution in [-0.2, 0) is 9.53 Å². The number of nitro benzene ring substituents is 1. The fourth-order valence-electron chi connectivity index (χ4n) is 2.84. The molecule has 27 heavy (non-hydrogen) atoms. The maximum atomic E-state index is 14.5. The van der Waals surface area contributed by atoms with Crippen molar-refractivity contribution in [3.63, 3.8) is 0 Å². The molecule has 1 fully saturated rings. The molecular weight excluding hydrogens is 369 g/mol. The Labute approximate surface area is 152 Å². The fourth-order valence-corrected chi connectivity index (χ4v) is 2.84. The van der Waals surface area contributed by atoms with Gasteiger partial charge in [-0.05, 0) is 19.8 Å². The lowest BCUT2D eigenvalue weighted by atomic mass is 10.0. The molecular formula is C17H17F3N2O5. The van der Waals surface area contributed by atoms with E-state index < -0.39 is 56.5 Å². The van der Waals surface area contributed by atoms with E-state index in [1.807, 2.05) is 0 Å². The first kappa shape index (κ1) is 20.4. The van der Waals surface area contributed by atoms with Gasteiger partial charge in [-0.2, -0.15) is 4.39 Å². The Kier molecular flexibility index (Phi) is 6.19. The molecule has 1 N–H and O–H groups in total. The maximum Gasteiger partial charge on any atom is 0.343 e. The highest BCUT2D eigenvalue weighted by molar-refractivity contribution is 6.15. The number of nitro groups is 1. The number of rotatable bonds is 5. The van der Waals surface area contributed by atoms with Gasteiger partial charge in [0, 0.05) is 17.8 Å². The van der Waals surface area contributed by atoms with Gasteiger partial charge in [-0.1, -0.05) is 12.8 Å². The minimum atomic E-state index is -1.95. The lowest BCUT2D eigenvalue weighted by molar-refractivity contribution is -0.388. The highest BCUT2D eigenvalue weighted by atomic mass is 19.2. The third-order valence-corrected chi connectivity index (χ3v) is 4.33. The molecule has 0 atom stereocenters. The van der Waals surface area contributed by atoms with Gasteiger partial charge in [0.05, 0.1) is 12.0 Å². The summed E-state index contributed by atoms with van der Waals surface area (Å²) in [5.74, 6) is -7.68. The summed E-state index contributed by atoms with van der Waals surface area (Å²) in [4.78, 5) is 25.8. The largest absolute Gasteiger partial charge is 0.506 e. The molecule has 0 aromatic heterocycles. The molecule has 0 heterocycles. The number of carbonyl (C=O) groups is 1. The molecule has 0 unspecified atom stereocenters. The molecule has 10 heteroatoms. The van der Waals surface area contributed by atoms with Gasteiger partial charge in [0.15, 0.2) is 5.82 Å². The van der Waals surface area contributed by atoms with Crippen molar-refractivity contribution >= 4 is 23.6 Å². The summed E-state index contributed by atoms with van der Waals surface area (Å²) in [6.45, 7) is 0.846. The van der Waals surface area contributed by atoms with Gasteiger partial charge in [-0.15, -0.1) is 0 Å². The average molecular weight is 386 g/mol. The summed E-state index contributed by atoms with van der Waals surface area (Å²) >= 11 is 0. The lowest BCUT2D eigenvalue weighted by Gasteiger charge is -2.11. The van der Waals surface area contributed by atoms with Crippen LogP contribution in [0.3, 0.4) is 0 Å². The smallest absolute Gasteiger partial charge is 0.343 e. The van der Waals surface area contributed by atoms with Crippen molar-refractivity contribution in [2.45, 2.75) is 38.6 Å². The topological polar surface area (TPSA) is 102 Å². The summed E-state index contributed by atoms with van der Waals surface area (Å²) in [6, 6.07) is -0.135. The lowest BCUT2D eigenvalue weighted by Crippen LogP contribution is -2.14. The first-order valence-electron chi connectivity index (χ1n) is 8.07. The predicted molar refractivity (Wildman–Crippen MR) is 90.0 cm³/mol. The Bertz CT molecular complexity index is 846. The van der Waals surface area contributed by atoms with E-state index >= 15 is 0 Å². The van der Waals surface area contributed by atoms with E-state index in [-0.39, 0.29) is 6.04 Å². The molecule has 1 saturated carbocycles. The van der Waals surface area contributed by atoms with Gasteiger partial charge in [-0.25, -0.2) is 13.6 Å². The Hall–Kier alpha value is -2.91. The molecule has 0 spiro atoms. The minimum Gasteiger partial charge on any atom is -0.506 e. The third-order valence-electron chi connectivity index (χ3n) is 4.33. The molecule has 0 bridgehead atoms. The van der Waals surface area contributed by atoms with Gasteiger partial charge in [0.2, 0.25) is 5.82 Å². The van der Waals surface area contributed by atoms with Crippen LogP contribution in [0.4, 0.5) is 18.9 Å². The van der Waals surface area contributed by atoms with Crippen molar-refractivity contribution in [1.82, 2.24) is 0 Å². The van der Waals surface area contributed by atoms with E-state index in [2.05, 4.69) is 9.73 Å². The molecule has 1 aromatic carbocycles. The number of hydrogen-bond acceptors (Lipinski definition) is 6. The summed E-state index contributed by atoms with van der Waals surface area (Å²) in [6.07, 6.45) is 4.24. The highest BCUT2D eigenvalue weighted by Crippen LogP contribution is 2.35. The highest BCUT2D eigenvalue weighted by Gasteiger charge is 2.35. The van der Waals surface area contributed by atoms with Gasteiger partial charge >= 0.3 is 11.7 Å². The number of ether oxygens (including phenoxy) is 1. The monoisotopic (exact) mass is 386 g/mol. The van der Waals surface area contributed by atoms with Crippen molar-refractivity contribution in [3.8, 4) is 0 Å². The quantitative estimate of drug-likeness (QED) is 0.158. The number of aliphatic imine (C=N–C) groups is 1. The van der Waals surface area contributed by atoms with E-state index in [0.717, 1.165) is 45.9 Å². The van der Waals surface area contributed by atoms with Crippen LogP contribution >= 0.6 is 0 Å². The van der Waals surface area contributed by atoms with Crippen LogP contribution in [0.15, 0.2) is 10.6 Å². The summed E-state index contributed by atoms with van der Waals surface area (Å²) in [5, 5.41) is 21.5. The molecule has 7 nitrogen and oxygen atoms in total. The van der Waals surface area contributed by atoms with Crippen LogP contribution in [0, 0.1) is 34.5 Å². The molecule has 1 aromatic rings. The summed E-state index contributed by atoms with van der Waals surface area (Å²) in [7, 11) is 0.973. The molecule has 1 aliphatic carbocycles. The summed E-state index contributed by atoms with van der Waals surface area (Å²) in [5.41, 5.74) is -4.44. The number of aliphatic hydroxyl groups excluding tert-OH is 1. The number of nitrogens with zero attached hydrogens (tertiary/aromatic N) is 2. The summed E-state index contributed by atoms with van der Waals surface area (Å²) < 4.78 is 46.7. The zero-order chi connectivity index (χ0) is 20.3. The van der Waals surface area contributed by atoms with E-state index in [1.165, 1.54) is 0 Å². The van der Waals surface area contributed by atoms with Crippen LogP contribution in [0.1, 0.15) is 36.8 Å². The zero-order valence-electron chi connectivity index (χ0n) is 14.6. The second-order valence-electron chi connectivity index (χ2n) is 6.02. The predicted octanol–water partition coefficient (Wildman–Crippen LogP) is 3.78. The number of hydrogen-bond donors (Lipinski definition) is 1. The molecule has 0 amide bonds. The third kappa shape index (κ3) is 3.93. The van der Waals surface area contributed by atoms with E-state index in [9.17, 15) is 33.2 Å². The van der Waals surface area contributed by atoms with Gasteiger partial charge < -0.3 is 9.84 Å². The van der Waals surface area contributed by atoms with Crippen LogP contribution in [0.25, 0.3) is 5.76 Å². The second kappa shape index (κ2) is 8.19. The normalized spacial score (nSPS) is 15.9. The molecule has 0 radical (unpaired) electrons. The van der Waals surface area contributed by atoms with Crippen molar-refractivity contribution in [1.29, 1.82) is 0 Å². The number of esters is 1. The van der Waals surface area contributed by atoms with E-state index in [1.54, 1.807) is 0 Å². The van der Waals surface area contributed by atoms with Crippen molar-refractivity contribution in [3.05, 3.63) is 44.3 Å². The van der Waals surface area contributed by atoms with Gasteiger partial charge in [0.1, 0.15) is 22.7 Å². The molecule has 146 valence electrons.